The van der Waals surface area contributed by atoms with Crippen molar-refractivity contribution in [3.63, 3.8) is 0 Å². The van der Waals surface area contributed by atoms with Crippen molar-refractivity contribution in [3.05, 3.63) is 77.6 Å². The van der Waals surface area contributed by atoms with E-state index >= 15 is 0 Å². The average molecular weight is 274 g/mol. The van der Waals surface area contributed by atoms with Gasteiger partial charge in [-0.25, -0.2) is 4.68 Å². The first-order valence-electron chi connectivity index (χ1n) is 6.81. The van der Waals surface area contributed by atoms with Crippen LogP contribution in [-0.4, -0.2) is 15.0 Å². The standard InChI is InChI=1S/C17H14N4/c18-12-15-7-9-16(10-8-15)21-17(13-19-20-21)11-6-14-4-2-1-3-5-14/h1-5,7-10,13H,6,11H2. The van der Waals surface area contributed by atoms with E-state index in [0.29, 0.717) is 5.56 Å². The third-order valence-corrected chi connectivity index (χ3v) is 3.37. The van der Waals surface area contributed by atoms with Crippen molar-refractivity contribution in [1.29, 1.82) is 5.26 Å². The molecule has 3 rings (SSSR count). The van der Waals surface area contributed by atoms with Crippen LogP contribution < -0.4 is 0 Å². The molecule has 0 atom stereocenters. The van der Waals surface area contributed by atoms with Crippen LogP contribution in [0.2, 0.25) is 0 Å². The second kappa shape index (κ2) is 6.02. The summed E-state index contributed by atoms with van der Waals surface area (Å²) in [5.74, 6) is 0. The Morgan fingerprint density at radius 3 is 2.43 bits per heavy atom. The lowest BCUT2D eigenvalue weighted by Gasteiger charge is -2.06. The summed E-state index contributed by atoms with van der Waals surface area (Å²) in [5.41, 5.74) is 3.92. The lowest BCUT2D eigenvalue weighted by Crippen LogP contribution is -2.03. The molecule has 0 radical (unpaired) electrons. The molecule has 21 heavy (non-hydrogen) atoms. The summed E-state index contributed by atoms with van der Waals surface area (Å²) in [6, 6.07) is 19.8. The molecule has 1 heterocycles. The lowest BCUT2D eigenvalue weighted by atomic mass is 10.1. The normalized spacial score (nSPS) is 10.2. The van der Waals surface area contributed by atoms with Crippen molar-refractivity contribution in [1.82, 2.24) is 15.0 Å². The second-order valence-corrected chi connectivity index (χ2v) is 4.78. The summed E-state index contributed by atoms with van der Waals surface area (Å²) in [6.07, 6.45) is 3.61. The minimum Gasteiger partial charge on any atom is -0.218 e. The predicted molar refractivity (Wildman–Crippen MR) is 79.9 cm³/mol. The van der Waals surface area contributed by atoms with Gasteiger partial charge in [0.25, 0.3) is 0 Å². The van der Waals surface area contributed by atoms with E-state index in [1.54, 1.807) is 18.3 Å². The third kappa shape index (κ3) is 2.98. The number of rotatable bonds is 4. The molecule has 0 amide bonds. The van der Waals surface area contributed by atoms with Gasteiger partial charge in [-0.1, -0.05) is 35.5 Å². The first-order valence-corrected chi connectivity index (χ1v) is 6.81. The van der Waals surface area contributed by atoms with Gasteiger partial charge in [-0.2, -0.15) is 5.26 Å². The third-order valence-electron chi connectivity index (χ3n) is 3.37. The number of hydrogen-bond acceptors (Lipinski definition) is 3. The molecule has 4 nitrogen and oxygen atoms in total. The molecule has 0 aliphatic heterocycles. The van der Waals surface area contributed by atoms with Gasteiger partial charge >= 0.3 is 0 Å². The molecule has 0 N–H and O–H groups in total. The lowest BCUT2D eigenvalue weighted by molar-refractivity contribution is 0.752. The molecule has 2 aromatic carbocycles. The Hall–Kier alpha value is -2.93. The summed E-state index contributed by atoms with van der Waals surface area (Å²) in [6.45, 7) is 0. The van der Waals surface area contributed by atoms with Crippen LogP contribution in [0.1, 0.15) is 16.8 Å². The highest BCUT2D eigenvalue weighted by Crippen LogP contribution is 2.13. The number of nitrogens with zero attached hydrogens (tertiary/aromatic N) is 4. The molecule has 0 fully saturated rings. The highest BCUT2D eigenvalue weighted by Gasteiger charge is 2.06. The number of nitriles is 1. The predicted octanol–water partition coefficient (Wildman–Crippen LogP) is 2.92. The Kier molecular flexibility index (Phi) is 3.74. The van der Waals surface area contributed by atoms with Crippen LogP contribution in [0.25, 0.3) is 5.69 Å². The molecule has 0 unspecified atom stereocenters. The zero-order chi connectivity index (χ0) is 14.5. The minimum absolute atomic E-state index is 0.643. The van der Waals surface area contributed by atoms with Crippen LogP contribution >= 0.6 is 0 Å². The van der Waals surface area contributed by atoms with Crippen LogP contribution in [0.3, 0.4) is 0 Å². The van der Waals surface area contributed by atoms with Gasteiger partial charge in [0.05, 0.1) is 29.2 Å². The van der Waals surface area contributed by atoms with E-state index in [1.165, 1.54) is 5.56 Å². The van der Waals surface area contributed by atoms with Crippen molar-refractivity contribution in [2.24, 2.45) is 0 Å². The van der Waals surface area contributed by atoms with Crippen molar-refractivity contribution in [2.75, 3.05) is 0 Å². The van der Waals surface area contributed by atoms with E-state index in [1.807, 2.05) is 35.0 Å². The summed E-state index contributed by atoms with van der Waals surface area (Å²) < 4.78 is 1.82. The average Bonchev–Trinajstić information content (AvgIpc) is 3.02. The molecule has 0 aliphatic rings. The quantitative estimate of drug-likeness (QED) is 0.735. The van der Waals surface area contributed by atoms with Gasteiger partial charge in [-0.3, -0.25) is 0 Å². The van der Waals surface area contributed by atoms with Crippen molar-refractivity contribution >= 4 is 0 Å². The summed E-state index contributed by atoms with van der Waals surface area (Å²) in [5, 5.41) is 17.0. The van der Waals surface area contributed by atoms with Gasteiger partial charge in [-0.15, -0.1) is 5.10 Å². The van der Waals surface area contributed by atoms with Crippen molar-refractivity contribution in [3.8, 4) is 11.8 Å². The molecular formula is C17H14N4. The maximum absolute atomic E-state index is 8.84. The van der Waals surface area contributed by atoms with E-state index in [9.17, 15) is 0 Å². The van der Waals surface area contributed by atoms with E-state index in [-0.39, 0.29) is 0 Å². The molecule has 0 aliphatic carbocycles. The molecule has 102 valence electrons. The van der Waals surface area contributed by atoms with Crippen molar-refractivity contribution in [2.45, 2.75) is 12.8 Å². The number of benzene rings is 2. The zero-order valence-corrected chi connectivity index (χ0v) is 11.5. The van der Waals surface area contributed by atoms with Crippen LogP contribution in [0.15, 0.2) is 60.8 Å². The van der Waals surface area contributed by atoms with E-state index in [2.05, 4.69) is 28.5 Å². The van der Waals surface area contributed by atoms with Crippen LogP contribution in [0.4, 0.5) is 0 Å². The topological polar surface area (TPSA) is 54.5 Å². The first-order chi connectivity index (χ1) is 10.4. The fourth-order valence-corrected chi connectivity index (χ4v) is 2.24. The van der Waals surface area contributed by atoms with Crippen LogP contribution in [-0.2, 0) is 12.8 Å². The van der Waals surface area contributed by atoms with Gasteiger partial charge in [0.1, 0.15) is 0 Å². The van der Waals surface area contributed by atoms with Gasteiger partial charge in [0, 0.05) is 0 Å². The van der Waals surface area contributed by atoms with Gasteiger partial charge in [-0.05, 0) is 42.7 Å². The Balaban J connectivity index is 1.79. The van der Waals surface area contributed by atoms with E-state index in [0.717, 1.165) is 24.2 Å². The van der Waals surface area contributed by atoms with Crippen molar-refractivity contribution < 1.29 is 0 Å². The zero-order valence-electron chi connectivity index (χ0n) is 11.5. The molecule has 0 saturated heterocycles. The molecular weight excluding hydrogens is 260 g/mol. The maximum Gasteiger partial charge on any atom is 0.0991 e. The highest BCUT2D eigenvalue weighted by atomic mass is 15.4. The van der Waals surface area contributed by atoms with E-state index < -0.39 is 0 Å². The van der Waals surface area contributed by atoms with Gasteiger partial charge in [0.15, 0.2) is 0 Å². The van der Waals surface area contributed by atoms with Gasteiger partial charge in [0.2, 0.25) is 0 Å². The fourth-order valence-electron chi connectivity index (χ4n) is 2.24. The molecule has 0 spiro atoms. The van der Waals surface area contributed by atoms with Gasteiger partial charge < -0.3 is 0 Å². The molecule has 4 heteroatoms. The molecule has 0 bridgehead atoms. The SMILES string of the molecule is N#Cc1ccc(-n2nncc2CCc2ccccc2)cc1. The number of hydrogen-bond donors (Lipinski definition) is 0. The Bertz CT molecular complexity index is 751. The fraction of sp³-hybridized carbons (Fsp3) is 0.118. The molecule has 3 aromatic rings. The Morgan fingerprint density at radius 2 is 1.71 bits per heavy atom. The van der Waals surface area contributed by atoms with E-state index in [4.69, 9.17) is 5.26 Å². The Labute approximate surface area is 123 Å². The second-order valence-electron chi connectivity index (χ2n) is 4.78. The molecule has 1 aromatic heterocycles. The first kappa shape index (κ1) is 13.1. The smallest absolute Gasteiger partial charge is 0.0991 e. The summed E-state index contributed by atoms with van der Waals surface area (Å²) in [4.78, 5) is 0. The monoisotopic (exact) mass is 274 g/mol. The maximum atomic E-state index is 8.84. The minimum atomic E-state index is 0.643. The molecule has 0 saturated carbocycles. The summed E-state index contributed by atoms with van der Waals surface area (Å²) >= 11 is 0. The number of aromatic nitrogens is 3. The summed E-state index contributed by atoms with van der Waals surface area (Å²) in [7, 11) is 0. The largest absolute Gasteiger partial charge is 0.218 e. The van der Waals surface area contributed by atoms with Crippen LogP contribution in [0.5, 0.6) is 0 Å². The highest BCUT2D eigenvalue weighted by molar-refractivity contribution is 5.39. The van der Waals surface area contributed by atoms with Crippen LogP contribution in [0, 0.1) is 11.3 Å². The number of aryl methyl sites for hydroxylation is 2. The Morgan fingerprint density at radius 1 is 0.952 bits per heavy atom.